The van der Waals surface area contributed by atoms with Crippen LogP contribution in [0.3, 0.4) is 0 Å². The van der Waals surface area contributed by atoms with E-state index in [9.17, 15) is 13.2 Å². The van der Waals surface area contributed by atoms with Gasteiger partial charge >= 0.3 is 5.97 Å². The van der Waals surface area contributed by atoms with Gasteiger partial charge in [-0.2, -0.15) is 0 Å². The van der Waals surface area contributed by atoms with Crippen molar-refractivity contribution in [3.05, 3.63) is 48.5 Å². The number of fused-ring (bicyclic) bond motifs is 1. The quantitative estimate of drug-likeness (QED) is 0.531. The van der Waals surface area contributed by atoms with E-state index in [2.05, 4.69) is 9.88 Å². The summed E-state index contributed by atoms with van der Waals surface area (Å²) in [5.41, 5.74) is 0.955. The zero-order valence-corrected chi connectivity index (χ0v) is 17.4. The molecule has 29 heavy (non-hydrogen) atoms. The number of carbonyl (C=O) groups is 1. The predicted octanol–water partition coefficient (Wildman–Crippen LogP) is 2.90. The number of thiazole rings is 1. The Kier molecular flexibility index (Phi) is 5.42. The molecule has 0 spiro atoms. The second kappa shape index (κ2) is 8.00. The molecule has 7 nitrogen and oxygen atoms in total. The lowest BCUT2D eigenvalue weighted by Crippen LogP contribution is -2.53. The van der Waals surface area contributed by atoms with E-state index in [0.29, 0.717) is 18.8 Å². The van der Waals surface area contributed by atoms with E-state index in [-0.39, 0.29) is 23.2 Å². The third-order valence-corrected chi connectivity index (χ3v) is 7.52. The number of sulfone groups is 1. The summed E-state index contributed by atoms with van der Waals surface area (Å²) in [7, 11) is -2.04. The maximum Gasteiger partial charge on any atom is 0.307 e. The fourth-order valence-electron chi connectivity index (χ4n) is 3.03. The summed E-state index contributed by atoms with van der Waals surface area (Å²) >= 11 is 1.60. The Morgan fingerprint density at radius 1 is 1.17 bits per heavy atom. The zero-order valence-electron chi connectivity index (χ0n) is 15.8. The Morgan fingerprint density at radius 2 is 1.90 bits per heavy atom. The fourth-order valence-corrected chi connectivity index (χ4v) is 5.23. The van der Waals surface area contributed by atoms with Gasteiger partial charge in [0.1, 0.15) is 11.9 Å². The van der Waals surface area contributed by atoms with Gasteiger partial charge in [-0.25, -0.2) is 13.4 Å². The molecule has 0 saturated carbocycles. The smallest absolute Gasteiger partial charge is 0.307 e. The van der Waals surface area contributed by atoms with Crippen molar-refractivity contribution in [2.24, 2.45) is 0 Å². The highest BCUT2D eigenvalue weighted by molar-refractivity contribution is 7.91. The molecular weight excluding hydrogens is 412 g/mol. The van der Waals surface area contributed by atoms with Crippen molar-refractivity contribution in [2.45, 2.75) is 17.4 Å². The molecule has 0 unspecified atom stereocenters. The fraction of sp³-hybridized carbons (Fsp3) is 0.300. The molecule has 1 aromatic heterocycles. The van der Waals surface area contributed by atoms with Crippen molar-refractivity contribution in [2.75, 3.05) is 30.9 Å². The van der Waals surface area contributed by atoms with Gasteiger partial charge in [0, 0.05) is 0 Å². The summed E-state index contributed by atoms with van der Waals surface area (Å²) < 4.78 is 36.3. The van der Waals surface area contributed by atoms with Crippen LogP contribution in [0.1, 0.15) is 6.42 Å². The first-order chi connectivity index (χ1) is 13.9. The van der Waals surface area contributed by atoms with E-state index in [0.717, 1.165) is 15.3 Å². The highest BCUT2D eigenvalue weighted by Gasteiger charge is 2.32. The summed E-state index contributed by atoms with van der Waals surface area (Å²) in [6, 6.07) is 14.0. The van der Waals surface area contributed by atoms with Gasteiger partial charge in [-0.05, 0) is 36.4 Å². The Hall–Kier alpha value is -2.65. The highest BCUT2D eigenvalue weighted by atomic mass is 32.2. The van der Waals surface area contributed by atoms with Gasteiger partial charge in [0.2, 0.25) is 0 Å². The lowest BCUT2D eigenvalue weighted by Gasteiger charge is -2.38. The summed E-state index contributed by atoms with van der Waals surface area (Å²) in [5, 5.41) is 0.903. The lowest BCUT2D eigenvalue weighted by atomic mass is 10.2. The van der Waals surface area contributed by atoms with Crippen LogP contribution in [-0.4, -0.2) is 51.4 Å². The minimum atomic E-state index is -3.55. The first-order valence-electron chi connectivity index (χ1n) is 9.11. The largest absolute Gasteiger partial charge is 0.497 e. The van der Waals surface area contributed by atoms with Crippen LogP contribution in [0.25, 0.3) is 10.2 Å². The van der Waals surface area contributed by atoms with Gasteiger partial charge in [0.05, 0.1) is 47.5 Å². The molecule has 1 aliphatic heterocycles. The maximum absolute atomic E-state index is 12.4. The maximum atomic E-state index is 12.4. The number of benzene rings is 2. The normalized spacial score (nSPS) is 14.6. The van der Waals surface area contributed by atoms with E-state index in [1.807, 2.05) is 24.3 Å². The Bertz CT molecular complexity index is 1090. The lowest BCUT2D eigenvalue weighted by molar-refractivity contribution is -0.149. The number of rotatable bonds is 7. The zero-order chi connectivity index (χ0) is 20.4. The van der Waals surface area contributed by atoms with E-state index in [1.165, 1.54) is 19.2 Å². The third kappa shape index (κ3) is 4.35. The van der Waals surface area contributed by atoms with Gasteiger partial charge < -0.3 is 14.4 Å². The molecule has 0 radical (unpaired) electrons. The molecule has 0 bridgehead atoms. The van der Waals surface area contributed by atoms with Crippen molar-refractivity contribution in [1.82, 2.24) is 4.98 Å². The molecule has 4 rings (SSSR count). The number of methoxy groups -OCH3 is 1. The Labute approximate surface area is 172 Å². The average molecular weight is 433 g/mol. The van der Waals surface area contributed by atoms with Crippen molar-refractivity contribution in [1.29, 1.82) is 0 Å². The number of esters is 1. The molecule has 1 fully saturated rings. The van der Waals surface area contributed by atoms with Crippen LogP contribution in [0.2, 0.25) is 0 Å². The van der Waals surface area contributed by atoms with Gasteiger partial charge in [0.25, 0.3) is 0 Å². The van der Waals surface area contributed by atoms with Crippen molar-refractivity contribution in [3.63, 3.8) is 0 Å². The van der Waals surface area contributed by atoms with Gasteiger partial charge in [-0.1, -0.05) is 23.5 Å². The van der Waals surface area contributed by atoms with Crippen LogP contribution in [0.15, 0.2) is 53.4 Å². The number of anilines is 1. The molecule has 9 heteroatoms. The molecular formula is C20H20N2O5S2. The molecule has 1 saturated heterocycles. The van der Waals surface area contributed by atoms with Crippen LogP contribution in [0.4, 0.5) is 5.13 Å². The minimum absolute atomic E-state index is 0.164. The SMILES string of the molecule is COc1ccc(S(=O)(=O)CCC(=O)OC2CN(c3nc4ccccc4s3)C2)cc1. The first-order valence-corrected chi connectivity index (χ1v) is 11.6. The van der Waals surface area contributed by atoms with E-state index >= 15 is 0 Å². The van der Waals surface area contributed by atoms with Crippen molar-refractivity contribution < 1.29 is 22.7 Å². The number of aromatic nitrogens is 1. The molecule has 0 atom stereocenters. The van der Waals surface area contributed by atoms with Crippen LogP contribution >= 0.6 is 11.3 Å². The van der Waals surface area contributed by atoms with E-state index in [4.69, 9.17) is 9.47 Å². The summed E-state index contributed by atoms with van der Waals surface area (Å²) in [6.45, 7) is 1.13. The van der Waals surface area contributed by atoms with Gasteiger partial charge in [0.15, 0.2) is 15.0 Å². The third-order valence-electron chi connectivity index (χ3n) is 4.69. The molecule has 0 N–H and O–H groups in total. The van der Waals surface area contributed by atoms with Crippen LogP contribution in [-0.2, 0) is 19.4 Å². The molecule has 152 valence electrons. The first kappa shape index (κ1) is 19.7. The number of hydrogen-bond donors (Lipinski definition) is 0. The molecule has 3 aromatic rings. The van der Waals surface area contributed by atoms with Gasteiger partial charge in [-0.3, -0.25) is 4.79 Å². The monoisotopic (exact) mass is 432 g/mol. The standard InChI is InChI=1S/C20H20N2O5S2/c1-26-14-6-8-16(9-7-14)29(24,25)11-10-19(23)27-15-12-22(13-15)20-21-17-4-2-3-5-18(17)28-20/h2-9,15H,10-13H2,1H3. The topological polar surface area (TPSA) is 85.8 Å². The summed E-state index contributed by atoms with van der Waals surface area (Å²) in [4.78, 5) is 18.9. The Balaban J connectivity index is 1.26. The number of nitrogens with zero attached hydrogens (tertiary/aromatic N) is 2. The molecule has 2 heterocycles. The minimum Gasteiger partial charge on any atom is -0.497 e. The van der Waals surface area contributed by atoms with Crippen LogP contribution in [0.5, 0.6) is 5.75 Å². The molecule has 2 aromatic carbocycles. The van der Waals surface area contributed by atoms with E-state index < -0.39 is 15.8 Å². The molecule has 1 aliphatic rings. The molecule has 0 amide bonds. The average Bonchev–Trinajstić information content (AvgIpc) is 3.12. The van der Waals surface area contributed by atoms with Crippen LogP contribution < -0.4 is 9.64 Å². The second-order valence-corrected chi connectivity index (χ2v) is 9.84. The summed E-state index contributed by atoms with van der Waals surface area (Å²) in [5.74, 6) is -0.214. The number of para-hydroxylation sites is 1. The van der Waals surface area contributed by atoms with Crippen molar-refractivity contribution >= 4 is 42.5 Å². The van der Waals surface area contributed by atoms with Crippen molar-refractivity contribution in [3.8, 4) is 5.75 Å². The summed E-state index contributed by atoms with van der Waals surface area (Å²) in [6.07, 6.45) is -0.412. The second-order valence-electron chi connectivity index (χ2n) is 6.73. The van der Waals surface area contributed by atoms with Gasteiger partial charge in [-0.15, -0.1) is 0 Å². The van der Waals surface area contributed by atoms with Crippen LogP contribution in [0, 0.1) is 0 Å². The Morgan fingerprint density at radius 3 is 2.59 bits per heavy atom. The van der Waals surface area contributed by atoms with E-state index in [1.54, 1.807) is 23.5 Å². The number of carbonyl (C=O) groups excluding carboxylic acids is 1. The predicted molar refractivity (Wildman–Crippen MR) is 111 cm³/mol. The number of ether oxygens (including phenoxy) is 2. The number of hydrogen-bond acceptors (Lipinski definition) is 8. The molecule has 0 aliphatic carbocycles. The highest BCUT2D eigenvalue weighted by Crippen LogP contribution is 2.31.